The molecule has 1 atom stereocenters. The molecule has 0 fully saturated rings. The number of nitrogens with one attached hydrogen (secondary N) is 1. The predicted octanol–water partition coefficient (Wildman–Crippen LogP) is 4.02. The van der Waals surface area contributed by atoms with Gasteiger partial charge in [-0.05, 0) is 23.8 Å². The van der Waals surface area contributed by atoms with E-state index >= 15 is 0 Å². The van der Waals surface area contributed by atoms with Crippen LogP contribution >= 0.6 is 0 Å². The molecule has 2 heterocycles. The van der Waals surface area contributed by atoms with Crippen molar-refractivity contribution >= 4 is 5.91 Å². The molecule has 0 saturated heterocycles. The number of rotatable bonds is 5. The number of pyridine rings is 1. The van der Waals surface area contributed by atoms with Crippen molar-refractivity contribution in [3.05, 3.63) is 89.0 Å². The molecule has 0 aliphatic heterocycles. The number of aromatic nitrogens is 3. The van der Waals surface area contributed by atoms with E-state index in [4.69, 9.17) is 0 Å². The minimum absolute atomic E-state index is 0.0406. The number of nitrogens with zero attached hydrogens (tertiary/aromatic N) is 3. The molecule has 29 heavy (non-hydrogen) atoms. The number of carbonyl (C=O) groups is 1. The lowest BCUT2D eigenvalue weighted by atomic mass is 9.97. The molecule has 5 nitrogen and oxygen atoms in total. The van der Waals surface area contributed by atoms with Gasteiger partial charge in [0.1, 0.15) is 18.2 Å². The van der Waals surface area contributed by atoms with Crippen LogP contribution in [0.25, 0.3) is 0 Å². The summed E-state index contributed by atoms with van der Waals surface area (Å²) in [5.41, 5.74) is -2.09. The maximum Gasteiger partial charge on any atom is 0.418 e. The lowest BCUT2D eigenvalue weighted by Gasteiger charge is -2.22. The van der Waals surface area contributed by atoms with Crippen LogP contribution in [0.1, 0.15) is 38.9 Å². The minimum atomic E-state index is -4.77. The summed E-state index contributed by atoms with van der Waals surface area (Å²) in [6, 6.07) is 3.63. The summed E-state index contributed by atoms with van der Waals surface area (Å²) in [5.74, 6) is -1.79. The van der Waals surface area contributed by atoms with Crippen LogP contribution in [0.15, 0.2) is 55.1 Å². The Morgan fingerprint density at radius 3 is 2.52 bits per heavy atom. The average molecular weight is 408 g/mol. The second-order valence-electron chi connectivity index (χ2n) is 5.92. The van der Waals surface area contributed by atoms with Gasteiger partial charge in [0.05, 0.1) is 23.5 Å². The Morgan fingerprint density at radius 1 is 1.10 bits per heavy atom. The number of alkyl halides is 4. The first-order valence-electron chi connectivity index (χ1n) is 8.24. The lowest BCUT2D eigenvalue weighted by molar-refractivity contribution is -0.138. The van der Waals surface area contributed by atoms with Crippen LogP contribution in [0.3, 0.4) is 0 Å². The van der Waals surface area contributed by atoms with E-state index in [1.54, 1.807) is 0 Å². The van der Waals surface area contributed by atoms with Crippen LogP contribution in [0.2, 0.25) is 0 Å². The highest BCUT2D eigenvalue weighted by atomic mass is 19.4. The Balaban J connectivity index is 2.10. The van der Waals surface area contributed by atoms with Crippen LogP contribution in [0, 0.1) is 5.82 Å². The number of carbonyl (C=O) groups excluding carboxylic acids is 1. The molecule has 10 heteroatoms. The lowest BCUT2D eigenvalue weighted by Crippen LogP contribution is -2.32. The fourth-order valence-electron chi connectivity index (χ4n) is 2.67. The first-order chi connectivity index (χ1) is 13.8. The zero-order chi connectivity index (χ0) is 21.0. The normalized spacial score (nSPS) is 12.4. The maximum absolute atomic E-state index is 14.1. The SMILES string of the molecule is O=C(N[C@@H](c1ccc(CF)c(F)c1)c1ncccc1C(F)(F)F)c1cnccn1. The van der Waals surface area contributed by atoms with Crippen molar-refractivity contribution in [2.24, 2.45) is 0 Å². The van der Waals surface area contributed by atoms with Gasteiger partial charge in [-0.15, -0.1) is 0 Å². The van der Waals surface area contributed by atoms with Crippen molar-refractivity contribution in [3.8, 4) is 0 Å². The van der Waals surface area contributed by atoms with Crippen LogP contribution in [-0.4, -0.2) is 20.9 Å². The third-order valence-corrected chi connectivity index (χ3v) is 4.04. The van der Waals surface area contributed by atoms with Gasteiger partial charge in [0.2, 0.25) is 0 Å². The molecule has 1 amide bonds. The van der Waals surface area contributed by atoms with Gasteiger partial charge in [0.25, 0.3) is 5.91 Å². The van der Waals surface area contributed by atoms with Crippen molar-refractivity contribution in [3.63, 3.8) is 0 Å². The molecule has 0 aliphatic rings. The molecule has 3 rings (SSSR count). The summed E-state index contributed by atoms with van der Waals surface area (Å²) in [7, 11) is 0. The summed E-state index contributed by atoms with van der Waals surface area (Å²) in [4.78, 5) is 23.8. The fourth-order valence-corrected chi connectivity index (χ4v) is 2.67. The molecule has 1 aromatic carbocycles. The van der Waals surface area contributed by atoms with E-state index in [2.05, 4.69) is 20.3 Å². The molecule has 0 saturated carbocycles. The molecule has 2 aromatic heterocycles. The average Bonchev–Trinajstić information content (AvgIpc) is 2.72. The Bertz CT molecular complexity index is 1010. The summed E-state index contributed by atoms with van der Waals surface area (Å²) in [6.07, 6.45) is 0.0402. The molecular formula is C19H13F5N4O. The first-order valence-corrected chi connectivity index (χ1v) is 8.24. The molecule has 1 N–H and O–H groups in total. The molecular weight excluding hydrogens is 395 g/mol. The van der Waals surface area contributed by atoms with E-state index in [0.717, 1.165) is 36.7 Å². The van der Waals surface area contributed by atoms with Crippen LogP contribution in [-0.2, 0) is 12.9 Å². The Kier molecular flexibility index (Phi) is 5.81. The van der Waals surface area contributed by atoms with E-state index in [9.17, 15) is 26.7 Å². The van der Waals surface area contributed by atoms with Gasteiger partial charge < -0.3 is 5.32 Å². The number of hydrogen-bond donors (Lipinski definition) is 1. The smallest absolute Gasteiger partial charge is 0.338 e. The molecule has 0 aliphatic carbocycles. The number of benzene rings is 1. The van der Waals surface area contributed by atoms with E-state index in [1.807, 2.05) is 0 Å². The zero-order valence-corrected chi connectivity index (χ0v) is 14.6. The zero-order valence-electron chi connectivity index (χ0n) is 14.6. The van der Waals surface area contributed by atoms with Gasteiger partial charge in [-0.1, -0.05) is 12.1 Å². The Morgan fingerprint density at radius 2 is 1.90 bits per heavy atom. The third-order valence-electron chi connectivity index (χ3n) is 4.04. The topological polar surface area (TPSA) is 67.8 Å². The van der Waals surface area contributed by atoms with Gasteiger partial charge in [-0.2, -0.15) is 13.2 Å². The van der Waals surface area contributed by atoms with Crippen molar-refractivity contribution < 1.29 is 26.7 Å². The summed E-state index contributed by atoms with van der Waals surface area (Å²) in [5, 5.41) is 2.38. The second-order valence-corrected chi connectivity index (χ2v) is 5.92. The number of halogens is 5. The Hall–Kier alpha value is -3.43. The highest BCUT2D eigenvalue weighted by Crippen LogP contribution is 2.35. The molecule has 0 radical (unpaired) electrons. The summed E-state index contributed by atoms with van der Waals surface area (Å²) >= 11 is 0. The van der Waals surface area contributed by atoms with Crippen molar-refractivity contribution in [2.45, 2.75) is 18.9 Å². The van der Waals surface area contributed by atoms with Crippen LogP contribution < -0.4 is 5.32 Å². The molecule has 0 spiro atoms. The largest absolute Gasteiger partial charge is 0.418 e. The van der Waals surface area contributed by atoms with E-state index in [-0.39, 0.29) is 16.8 Å². The second kappa shape index (κ2) is 8.29. The van der Waals surface area contributed by atoms with Gasteiger partial charge in [0.15, 0.2) is 0 Å². The quantitative estimate of drug-likeness (QED) is 0.648. The van der Waals surface area contributed by atoms with E-state index < -0.39 is 41.9 Å². The number of amides is 1. The Labute approximate surface area is 161 Å². The van der Waals surface area contributed by atoms with Crippen molar-refractivity contribution in [1.82, 2.24) is 20.3 Å². The van der Waals surface area contributed by atoms with E-state index in [1.165, 1.54) is 18.5 Å². The van der Waals surface area contributed by atoms with Crippen molar-refractivity contribution in [2.75, 3.05) is 0 Å². The molecule has 0 bridgehead atoms. The van der Waals surface area contributed by atoms with Crippen molar-refractivity contribution in [1.29, 1.82) is 0 Å². The van der Waals surface area contributed by atoms with Gasteiger partial charge in [-0.3, -0.25) is 14.8 Å². The monoisotopic (exact) mass is 408 g/mol. The predicted molar refractivity (Wildman–Crippen MR) is 91.8 cm³/mol. The molecule has 0 unspecified atom stereocenters. The summed E-state index contributed by atoms with van der Waals surface area (Å²) in [6.45, 7) is -1.08. The van der Waals surface area contributed by atoms with E-state index in [0.29, 0.717) is 0 Å². The maximum atomic E-state index is 14.1. The summed E-state index contributed by atoms with van der Waals surface area (Å²) < 4.78 is 67.4. The van der Waals surface area contributed by atoms with Crippen LogP contribution in [0.4, 0.5) is 22.0 Å². The van der Waals surface area contributed by atoms with Gasteiger partial charge >= 0.3 is 6.18 Å². The van der Waals surface area contributed by atoms with Gasteiger partial charge in [-0.25, -0.2) is 13.8 Å². The minimum Gasteiger partial charge on any atom is -0.338 e. The highest BCUT2D eigenvalue weighted by Gasteiger charge is 2.37. The standard InChI is InChI=1S/C19H13F5N4O/c20-9-12-4-3-11(8-14(12)21)16(28-18(29)15-10-25-6-7-26-15)17-13(19(22,23)24)2-1-5-27-17/h1-8,10,16H,9H2,(H,28,29)/t16-/m0/s1. The van der Waals surface area contributed by atoms with Gasteiger partial charge in [0, 0.05) is 24.2 Å². The molecule has 150 valence electrons. The molecule has 3 aromatic rings. The number of hydrogen-bond acceptors (Lipinski definition) is 4. The van der Waals surface area contributed by atoms with Crippen LogP contribution in [0.5, 0.6) is 0 Å². The highest BCUT2D eigenvalue weighted by molar-refractivity contribution is 5.92. The first kappa shape index (κ1) is 20.3. The fraction of sp³-hybridized carbons (Fsp3) is 0.158. The third kappa shape index (κ3) is 4.53.